The van der Waals surface area contributed by atoms with Crippen molar-refractivity contribution in [3.63, 3.8) is 0 Å². The second-order valence-electron chi connectivity index (χ2n) is 3.50. The molecule has 0 unspecified atom stereocenters. The lowest BCUT2D eigenvalue weighted by Gasteiger charge is -2.07. The molecule has 84 valence electrons. The Balaban J connectivity index is 2.03. The van der Waals surface area contributed by atoms with E-state index in [1.165, 1.54) is 0 Å². The molecule has 2 aromatic rings. The molecule has 0 saturated carbocycles. The fourth-order valence-corrected chi connectivity index (χ4v) is 1.79. The molecule has 1 aromatic carbocycles. The van der Waals surface area contributed by atoms with Gasteiger partial charge in [0.15, 0.2) is 0 Å². The number of rotatable bonds is 3. The molecule has 2 rings (SSSR count). The topological polar surface area (TPSA) is 48.7 Å². The van der Waals surface area contributed by atoms with Gasteiger partial charge in [0.25, 0.3) is 0 Å². The van der Waals surface area contributed by atoms with Crippen molar-refractivity contribution in [3.8, 4) is 6.07 Å². The number of anilines is 1. The number of hydrogen-bond donors (Lipinski definition) is 1. The molecule has 0 spiro atoms. The van der Waals surface area contributed by atoms with Crippen molar-refractivity contribution in [2.75, 3.05) is 5.32 Å². The van der Waals surface area contributed by atoms with Gasteiger partial charge in [-0.25, -0.2) is 4.98 Å². The van der Waals surface area contributed by atoms with E-state index in [0.29, 0.717) is 12.1 Å². The van der Waals surface area contributed by atoms with E-state index in [0.717, 1.165) is 15.9 Å². The van der Waals surface area contributed by atoms with E-state index in [1.807, 2.05) is 36.4 Å². The van der Waals surface area contributed by atoms with Gasteiger partial charge in [0.2, 0.25) is 0 Å². The van der Waals surface area contributed by atoms with Crippen LogP contribution in [0.15, 0.2) is 47.1 Å². The van der Waals surface area contributed by atoms with Crippen molar-refractivity contribution >= 4 is 21.7 Å². The van der Waals surface area contributed by atoms with Gasteiger partial charge < -0.3 is 5.32 Å². The van der Waals surface area contributed by atoms with Crippen LogP contribution in [0.1, 0.15) is 11.1 Å². The van der Waals surface area contributed by atoms with Gasteiger partial charge in [0, 0.05) is 12.7 Å². The van der Waals surface area contributed by atoms with Gasteiger partial charge in [-0.1, -0.05) is 12.1 Å². The second kappa shape index (κ2) is 5.46. The Morgan fingerprint density at radius 1 is 1.24 bits per heavy atom. The zero-order valence-corrected chi connectivity index (χ0v) is 10.6. The quantitative estimate of drug-likeness (QED) is 0.942. The zero-order chi connectivity index (χ0) is 12.1. The summed E-state index contributed by atoms with van der Waals surface area (Å²) in [6, 6.07) is 13.4. The molecule has 3 nitrogen and oxygen atoms in total. The zero-order valence-electron chi connectivity index (χ0n) is 9.02. The highest BCUT2D eigenvalue weighted by Gasteiger charge is 1.99. The van der Waals surface area contributed by atoms with E-state index < -0.39 is 0 Å². The standard InChI is InChI=1S/C13H10BrN3/c14-12-2-1-7-16-13(12)17-9-11-5-3-10(8-15)4-6-11/h1-7H,9H2,(H,16,17). The van der Waals surface area contributed by atoms with E-state index >= 15 is 0 Å². The van der Waals surface area contributed by atoms with Crippen LogP contribution < -0.4 is 5.32 Å². The molecule has 17 heavy (non-hydrogen) atoms. The molecule has 0 bridgehead atoms. The summed E-state index contributed by atoms with van der Waals surface area (Å²) in [4.78, 5) is 4.22. The predicted octanol–water partition coefficient (Wildman–Crippen LogP) is 3.33. The van der Waals surface area contributed by atoms with Crippen LogP contribution >= 0.6 is 15.9 Å². The van der Waals surface area contributed by atoms with E-state index in [1.54, 1.807) is 6.20 Å². The van der Waals surface area contributed by atoms with E-state index in [4.69, 9.17) is 5.26 Å². The summed E-state index contributed by atoms with van der Waals surface area (Å²) in [6.45, 7) is 0.682. The van der Waals surface area contributed by atoms with Gasteiger partial charge in [0.05, 0.1) is 16.1 Å². The number of nitrogens with zero attached hydrogens (tertiary/aromatic N) is 2. The third-order valence-electron chi connectivity index (χ3n) is 2.30. The highest BCUT2D eigenvalue weighted by molar-refractivity contribution is 9.10. The smallest absolute Gasteiger partial charge is 0.140 e. The first-order valence-corrected chi connectivity index (χ1v) is 5.92. The molecule has 1 N–H and O–H groups in total. The molecule has 0 fully saturated rings. The van der Waals surface area contributed by atoms with Crippen LogP contribution in [0.4, 0.5) is 5.82 Å². The van der Waals surface area contributed by atoms with Crippen molar-refractivity contribution in [1.29, 1.82) is 5.26 Å². The van der Waals surface area contributed by atoms with Gasteiger partial charge >= 0.3 is 0 Å². The van der Waals surface area contributed by atoms with Crippen LogP contribution in [0.5, 0.6) is 0 Å². The Bertz CT molecular complexity index is 543. The summed E-state index contributed by atoms with van der Waals surface area (Å²) in [5.41, 5.74) is 1.79. The number of aromatic nitrogens is 1. The maximum absolute atomic E-state index is 8.69. The second-order valence-corrected chi connectivity index (χ2v) is 4.35. The lowest BCUT2D eigenvalue weighted by Crippen LogP contribution is -2.01. The summed E-state index contributed by atoms with van der Waals surface area (Å²) in [5, 5.41) is 11.9. The molecular weight excluding hydrogens is 278 g/mol. The number of benzene rings is 1. The summed E-state index contributed by atoms with van der Waals surface area (Å²) < 4.78 is 0.939. The summed E-state index contributed by atoms with van der Waals surface area (Å²) in [6.07, 6.45) is 1.74. The van der Waals surface area contributed by atoms with Crippen molar-refractivity contribution < 1.29 is 0 Å². The van der Waals surface area contributed by atoms with Crippen molar-refractivity contribution in [2.45, 2.75) is 6.54 Å². The molecule has 0 saturated heterocycles. The number of pyridine rings is 1. The Labute approximate surface area is 108 Å². The molecule has 0 atom stereocenters. The highest BCUT2D eigenvalue weighted by Crippen LogP contribution is 2.18. The number of nitriles is 1. The molecule has 0 aliphatic heterocycles. The van der Waals surface area contributed by atoms with Crippen LogP contribution in [-0.2, 0) is 6.54 Å². The van der Waals surface area contributed by atoms with E-state index in [-0.39, 0.29) is 0 Å². The number of hydrogen-bond acceptors (Lipinski definition) is 3. The largest absolute Gasteiger partial charge is 0.365 e. The minimum Gasteiger partial charge on any atom is -0.365 e. The monoisotopic (exact) mass is 287 g/mol. The average molecular weight is 288 g/mol. The molecule has 1 aromatic heterocycles. The Hall–Kier alpha value is -1.86. The first-order valence-electron chi connectivity index (χ1n) is 5.13. The molecule has 0 amide bonds. The van der Waals surface area contributed by atoms with Crippen molar-refractivity contribution in [1.82, 2.24) is 4.98 Å². The van der Waals surface area contributed by atoms with Gasteiger partial charge in [-0.2, -0.15) is 5.26 Å². The van der Waals surface area contributed by atoms with Crippen molar-refractivity contribution in [3.05, 3.63) is 58.2 Å². The van der Waals surface area contributed by atoms with Gasteiger partial charge in [-0.15, -0.1) is 0 Å². The fraction of sp³-hybridized carbons (Fsp3) is 0.0769. The third-order valence-corrected chi connectivity index (χ3v) is 2.94. The minimum atomic E-state index is 0.674. The maximum atomic E-state index is 8.69. The Morgan fingerprint density at radius 2 is 2.00 bits per heavy atom. The van der Waals surface area contributed by atoms with Crippen LogP contribution in [0.3, 0.4) is 0 Å². The van der Waals surface area contributed by atoms with Crippen LogP contribution in [0.25, 0.3) is 0 Å². The molecule has 4 heteroatoms. The Kier molecular flexibility index (Phi) is 3.73. The van der Waals surface area contributed by atoms with Gasteiger partial charge in [0.1, 0.15) is 5.82 Å². The van der Waals surface area contributed by atoms with E-state index in [2.05, 4.69) is 32.3 Å². The minimum absolute atomic E-state index is 0.674. The molecule has 0 radical (unpaired) electrons. The van der Waals surface area contributed by atoms with Gasteiger partial charge in [-0.05, 0) is 45.8 Å². The number of halogens is 1. The molecule has 0 aliphatic rings. The number of nitrogens with one attached hydrogen (secondary N) is 1. The molecular formula is C13H10BrN3. The van der Waals surface area contributed by atoms with Crippen LogP contribution in [0, 0.1) is 11.3 Å². The lowest BCUT2D eigenvalue weighted by atomic mass is 10.1. The fourth-order valence-electron chi connectivity index (χ4n) is 1.40. The van der Waals surface area contributed by atoms with Gasteiger partial charge in [-0.3, -0.25) is 0 Å². The summed E-state index contributed by atoms with van der Waals surface area (Å²) in [7, 11) is 0. The van der Waals surface area contributed by atoms with Crippen LogP contribution in [-0.4, -0.2) is 4.98 Å². The normalized spacial score (nSPS) is 9.65. The van der Waals surface area contributed by atoms with E-state index in [9.17, 15) is 0 Å². The first kappa shape index (κ1) is 11.6. The first-order chi connectivity index (χ1) is 8.29. The third kappa shape index (κ3) is 3.05. The lowest BCUT2D eigenvalue weighted by molar-refractivity contribution is 1.10. The Morgan fingerprint density at radius 3 is 2.65 bits per heavy atom. The molecule has 0 aliphatic carbocycles. The average Bonchev–Trinajstić information content (AvgIpc) is 2.38. The maximum Gasteiger partial charge on any atom is 0.140 e. The van der Waals surface area contributed by atoms with Crippen molar-refractivity contribution in [2.24, 2.45) is 0 Å². The SMILES string of the molecule is N#Cc1ccc(CNc2ncccc2Br)cc1. The molecule has 1 heterocycles. The summed E-state index contributed by atoms with van der Waals surface area (Å²) in [5.74, 6) is 0.817. The predicted molar refractivity (Wildman–Crippen MR) is 70.4 cm³/mol. The highest BCUT2D eigenvalue weighted by atomic mass is 79.9. The summed E-state index contributed by atoms with van der Waals surface area (Å²) >= 11 is 3.42. The van der Waals surface area contributed by atoms with Crippen LogP contribution in [0.2, 0.25) is 0 Å².